The summed E-state index contributed by atoms with van der Waals surface area (Å²) in [6.45, 7) is 0. The molecule has 0 spiro atoms. The number of nitrogens with one attached hydrogen (secondary N) is 1. The molecule has 0 bridgehead atoms. The van der Waals surface area contributed by atoms with Crippen molar-refractivity contribution in [1.29, 1.82) is 0 Å². The van der Waals surface area contributed by atoms with E-state index in [1.807, 2.05) is 18.2 Å². The zero-order valence-corrected chi connectivity index (χ0v) is 13.6. The summed E-state index contributed by atoms with van der Waals surface area (Å²) in [6.07, 6.45) is 3.15. The van der Waals surface area contributed by atoms with Crippen LogP contribution >= 0.6 is 50.7 Å². The number of anilines is 2. The maximum atomic E-state index is 5.61. The van der Waals surface area contributed by atoms with Gasteiger partial charge < -0.3 is 11.1 Å². The van der Waals surface area contributed by atoms with Gasteiger partial charge in [-0.15, -0.1) is 0 Å². The number of hydrogen-bond donors (Lipinski definition) is 2. The van der Waals surface area contributed by atoms with Gasteiger partial charge in [-0.1, -0.05) is 12.2 Å². The number of aromatic nitrogens is 2. The fourth-order valence-corrected chi connectivity index (χ4v) is 2.32. The van der Waals surface area contributed by atoms with Crippen molar-refractivity contribution in [1.82, 2.24) is 9.97 Å². The summed E-state index contributed by atoms with van der Waals surface area (Å²) in [7, 11) is 0. The molecule has 0 saturated carbocycles. The zero-order chi connectivity index (χ0) is 13.1. The molecule has 0 aliphatic heterocycles. The normalized spacial score (nSPS) is 10.1. The van der Waals surface area contributed by atoms with Crippen LogP contribution in [0.3, 0.4) is 0 Å². The van der Waals surface area contributed by atoms with E-state index < -0.39 is 0 Å². The van der Waals surface area contributed by atoms with Gasteiger partial charge in [0, 0.05) is 20.4 Å². The van der Waals surface area contributed by atoms with Crippen LogP contribution < -0.4 is 11.1 Å². The molecule has 92 valence electrons. The number of benzene rings is 1. The third-order valence-corrected chi connectivity index (χ3v) is 3.67. The lowest BCUT2D eigenvalue weighted by Gasteiger charge is -2.10. The van der Waals surface area contributed by atoms with Crippen LogP contribution in [0.2, 0.25) is 0 Å². The summed E-state index contributed by atoms with van der Waals surface area (Å²) in [5.41, 5.74) is 6.99. The molecule has 1 heterocycles. The van der Waals surface area contributed by atoms with E-state index in [9.17, 15) is 0 Å². The van der Waals surface area contributed by atoms with Crippen molar-refractivity contribution in [2.75, 3.05) is 5.32 Å². The third kappa shape index (κ3) is 3.15. The minimum Gasteiger partial charge on any atom is -0.388 e. The van der Waals surface area contributed by atoms with Crippen LogP contribution in [0, 0.1) is 3.57 Å². The van der Waals surface area contributed by atoms with Gasteiger partial charge in [-0.2, -0.15) is 0 Å². The number of nitrogens with zero attached hydrogens (tertiary/aromatic N) is 2. The predicted molar refractivity (Wildman–Crippen MR) is 88.1 cm³/mol. The molecule has 0 radical (unpaired) electrons. The highest BCUT2D eigenvalue weighted by molar-refractivity contribution is 14.1. The molecule has 1 aromatic carbocycles. The first-order chi connectivity index (χ1) is 8.58. The highest BCUT2D eigenvalue weighted by atomic mass is 127. The maximum Gasteiger partial charge on any atom is 0.159 e. The summed E-state index contributed by atoms with van der Waals surface area (Å²) in [4.78, 5) is 8.53. The van der Waals surface area contributed by atoms with Crippen LogP contribution in [0.25, 0.3) is 0 Å². The SMILES string of the molecule is NC(=S)c1nccnc1Nc1cc(I)ccc1Br. The Morgan fingerprint density at radius 2 is 2.06 bits per heavy atom. The average molecular weight is 435 g/mol. The summed E-state index contributed by atoms with van der Waals surface area (Å²) in [5.74, 6) is 0.549. The van der Waals surface area contributed by atoms with Crippen molar-refractivity contribution in [2.24, 2.45) is 5.73 Å². The van der Waals surface area contributed by atoms with E-state index in [0.717, 1.165) is 13.7 Å². The minimum absolute atomic E-state index is 0.215. The smallest absolute Gasteiger partial charge is 0.159 e. The summed E-state index contributed by atoms with van der Waals surface area (Å²) in [5, 5.41) is 3.17. The standard InChI is InChI=1S/C11H8BrIN4S/c12-7-2-1-6(13)5-8(7)17-11-9(10(14)18)15-3-4-16-11/h1-5H,(H2,14,18)(H,16,17). The second kappa shape index (κ2) is 5.89. The molecule has 1 aromatic heterocycles. The van der Waals surface area contributed by atoms with Gasteiger partial charge in [-0.25, -0.2) is 9.97 Å². The van der Waals surface area contributed by atoms with Gasteiger partial charge in [-0.3, -0.25) is 0 Å². The molecule has 3 N–H and O–H groups in total. The molecule has 18 heavy (non-hydrogen) atoms. The topological polar surface area (TPSA) is 63.8 Å². The van der Waals surface area contributed by atoms with Crippen molar-refractivity contribution >= 4 is 67.2 Å². The Balaban J connectivity index is 2.40. The highest BCUT2D eigenvalue weighted by Gasteiger charge is 2.09. The van der Waals surface area contributed by atoms with E-state index in [1.165, 1.54) is 0 Å². The maximum absolute atomic E-state index is 5.61. The molecule has 2 rings (SSSR count). The van der Waals surface area contributed by atoms with Crippen LogP contribution in [0.15, 0.2) is 35.1 Å². The van der Waals surface area contributed by atoms with E-state index in [4.69, 9.17) is 18.0 Å². The summed E-state index contributed by atoms with van der Waals surface area (Å²) >= 11 is 10.7. The summed E-state index contributed by atoms with van der Waals surface area (Å²) in [6, 6.07) is 5.95. The van der Waals surface area contributed by atoms with E-state index >= 15 is 0 Å². The van der Waals surface area contributed by atoms with Crippen LogP contribution in [0.1, 0.15) is 5.69 Å². The van der Waals surface area contributed by atoms with Crippen LogP contribution in [-0.4, -0.2) is 15.0 Å². The number of halogens is 2. The van der Waals surface area contributed by atoms with E-state index in [2.05, 4.69) is 53.8 Å². The Hall–Kier alpha value is -0.800. The fraction of sp³-hybridized carbons (Fsp3) is 0. The lowest BCUT2D eigenvalue weighted by atomic mass is 10.3. The molecular formula is C11H8BrIN4S. The Morgan fingerprint density at radius 3 is 2.78 bits per heavy atom. The van der Waals surface area contributed by atoms with Gasteiger partial charge in [0.25, 0.3) is 0 Å². The minimum atomic E-state index is 0.215. The summed E-state index contributed by atoms with van der Waals surface area (Å²) < 4.78 is 2.04. The zero-order valence-electron chi connectivity index (χ0n) is 9.02. The van der Waals surface area contributed by atoms with Crippen molar-refractivity contribution in [3.63, 3.8) is 0 Å². The number of nitrogens with two attached hydrogens (primary N) is 1. The van der Waals surface area contributed by atoms with Gasteiger partial charge in [0.1, 0.15) is 10.7 Å². The molecule has 0 unspecified atom stereocenters. The number of rotatable bonds is 3. The van der Waals surface area contributed by atoms with E-state index in [1.54, 1.807) is 12.4 Å². The molecule has 2 aromatic rings. The van der Waals surface area contributed by atoms with Crippen molar-refractivity contribution < 1.29 is 0 Å². The molecular weight excluding hydrogens is 427 g/mol. The molecule has 0 aliphatic carbocycles. The van der Waals surface area contributed by atoms with Gasteiger partial charge in [0.05, 0.1) is 5.69 Å². The Bertz CT molecular complexity index is 605. The fourth-order valence-electron chi connectivity index (χ4n) is 1.33. The van der Waals surface area contributed by atoms with E-state index in [-0.39, 0.29) is 4.99 Å². The molecule has 0 aliphatic rings. The number of thiocarbonyl (C=S) groups is 1. The van der Waals surface area contributed by atoms with Crippen molar-refractivity contribution in [2.45, 2.75) is 0 Å². The molecule has 4 nitrogen and oxygen atoms in total. The van der Waals surface area contributed by atoms with Gasteiger partial charge in [0.15, 0.2) is 5.82 Å². The quantitative estimate of drug-likeness (QED) is 0.573. The second-order valence-electron chi connectivity index (χ2n) is 3.37. The Morgan fingerprint density at radius 1 is 1.33 bits per heavy atom. The van der Waals surface area contributed by atoms with Gasteiger partial charge in [0.2, 0.25) is 0 Å². The first-order valence-corrected chi connectivity index (χ1v) is 7.19. The lowest BCUT2D eigenvalue weighted by molar-refractivity contribution is 1.18. The largest absolute Gasteiger partial charge is 0.388 e. The van der Waals surface area contributed by atoms with Crippen LogP contribution in [0.5, 0.6) is 0 Å². The van der Waals surface area contributed by atoms with Crippen LogP contribution in [0.4, 0.5) is 11.5 Å². The van der Waals surface area contributed by atoms with Gasteiger partial charge >= 0.3 is 0 Å². The molecule has 0 amide bonds. The molecule has 0 fully saturated rings. The second-order valence-corrected chi connectivity index (χ2v) is 5.91. The third-order valence-electron chi connectivity index (χ3n) is 2.11. The lowest BCUT2D eigenvalue weighted by Crippen LogP contribution is -2.15. The Kier molecular flexibility index (Phi) is 4.46. The van der Waals surface area contributed by atoms with Gasteiger partial charge in [-0.05, 0) is 56.7 Å². The van der Waals surface area contributed by atoms with Crippen molar-refractivity contribution in [3.05, 3.63) is 44.3 Å². The monoisotopic (exact) mass is 434 g/mol. The highest BCUT2D eigenvalue weighted by Crippen LogP contribution is 2.27. The number of hydrogen-bond acceptors (Lipinski definition) is 4. The Labute approximate surface area is 132 Å². The molecule has 0 saturated heterocycles. The van der Waals surface area contributed by atoms with Crippen molar-refractivity contribution in [3.8, 4) is 0 Å². The predicted octanol–water partition coefficient (Wildman–Crippen LogP) is 3.22. The first-order valence-electron chi connectivity index (χ1n) is 4.91. The average Bonchev–Trinajstić information content (AvgIpc) is 2.34. The molecule has 0 atom stereocenters. The van der Waals surface area contributed by atoms with E-state index in [0.29, 0.717) is 11.5 Å². The molecule has 7 heteroatoms. The van der Waals surface area contributed by atoms with Crippen LogP contribution in [-0.2, 0) is 0 Å². The first kappa shape index (κ1) is 13.6.